The Morgan fingerprint density at radius 3 is 2.50 bits per heavy atom. The number of fused-ring (bicyclic) bond motifs is 1. The third kappa shape index (κ3) is 3.84. The lowest BCUT2D eigenvalue weighted by atomic mass is 10.0. The van der Waals surface area contributed by atoms with Crippen LogP contribution in [0.1, 0.15) is 55.7 Å². The average molecular weight is 374 g/mol. The zero-order chi connectivity index (χ0) is 19.5. The molecule has 3 heterocycles. The summed E-state index contributed by atoms with van der Waals surface area (Å²) in [5.41, 5.74) is 3.62. The molecular weight excluding hydrogens is 348 g/mol. The summed E-state index contributed by atoms with van der Waals surface area (Å²) >= 11 is 0. The molecule has 0 bridgehead atoms. The second kappa shape index (κ2) is 7.97. The van der Waals surface area contributed by atoms with Gasteiger partial charge in [-0.2, -0.15) is 4.98 Å². The molecule has 2 aromatic heterocycles. The summed E-state index contributed by atoms with van der Waals surface area (Å²) in [6.45, 7) is 6.23. The van der Waals surface area contributed by atoms with E-state index in [4.69, 9.17) is 0 Å². The highest BCUT2D eigenvalue weighted by Gasteiger charge is 2.15. The van der Waals surface area contributed by atoms with Gasteiger partial charge in [-0.3, -0.25) is 9.78 Å². The molecule has 0 spiro atoms. The Kier molecular flexibility index (Phi) is 5.24. The Labute approximate surface area is 165 Å². The number of aromatic amines is 1. The lowest BCUT2D eigenvalue weighted by Gasteiger charge is -2.26. The van der Waals surface area contributed by atoms with Crippen molar-refractivity contribution in [3.8, 4) is 0 Å². The van der Waals surface area contributed by atoms with Gasteiger partial charge in [0.15, 0.2) is 5.65 Å². The molecular formula is C23H26N4O. The molecule has 28 heavy (non-hydrogen) atoms. The van der Waals surface area contributed by atoms with Crippen LogP contribution in [0.3, 0.4) is 0 Å². The first kappa shape index (κ1) is 18.4. The zero-order valence-electron chi connectivity index (χ0n) is 16.5. The Morgan fingerprint density at radius 2 is 1.79 bits per heavy atom. The Hall–Kier alpha value is -2.95. The molecule has 1 aromatic carbocycles. The van der Waals surface area contributed by atoms with Crippen molar-refractivity contribution < 1.29 is 0 Å². The minimum Gasteiger partial charge on any atom is -0.342 e. The zero-order valence-corrected chi connectivity index (χ0v) is 16.5. The summed E-state index contributed by atoms with van der Waals surface area (Å²) in [6, 6.07) is 10.4. The second-order valence-electron chi connectivity index (χ2n) is 7.69. The van der Waals surface area contributed by atoms with E-state index >= 15 is 0 Å². The molecule has 3 aromatic rings. The third-order valence-corrected chi connectivity index (χ3v) is 5.34. The maximum atomic E-state index is 12.8. The van der Waals surface area contributed by atoms with Crippen LogP contribution in [-0.2, 0) is 0 Å². The number of aromatic nitrogens is 3. The predicted octanol–water partition coefficient (Wildman–Crippen LogP) is 4.60. The fourth-order valence-electron chi connectivity index (χ4n) is 3.65. The fourth-order valence-corrected chi connectivity index (χ4v) is 3.65. The van der Waals surface area contributed by atoms with E-state index in [2.05, 4.69) is 58.0 Å². The van der Waals surface area contributed by atoms with E-state index in [1.54, 1.807) is 6.20 Å². The monoisotopic (exact) mass is 374 g/mol. The smallest absolute Gasteiger partial charge is 0.262 e. The van der Waals surface area contributed by atoms with Crippen LogP contribution >= 0.6 is 0 Å². The van der Waals surface area contributed by atoms with Crippen molar-refractivity contribution in [2.24, 2.45) is 0 Å². The number of H-pyrrole nitrogens is 1. The van der Waals surface area contributed by atoms with Crippen LogP contribution in [0.4, 0.5) is 5.95 Å². The van der Waals surface area contributed by atoms with Crippen LogP contribution in [0.5, 0.6) is 0 Å². The average Bonchev–Trinajstić information content (AvgIpc) is 2.73. The van der Waals surface area contributed by atoms with E-state index in [1.807, 2.05) is 18.2 Å². The highest BCUT2D eigenvalue weighted by atomic mass is 16.1. The van der Waals surface area contributed by atoms with E-state index < -0.39 is 0 Å². The molecule has 0 unspecified atom stereocenters. The van der Waals surface area contributed by atoms with Crippen molar-refractivity contribution in [1.82, 2.24) is 15.0 Å². The Balaban J connectivity index is 1.66. The summed E-state index contributed by atoms with van der Waals surface area (Å²) in [5, 5.41) is 0.540. The maximum absolute atomic E-state index is 12.8. The predicted molar refractivity (Wildman–Crippen MR) is 116 cm³/mol. The third-order valence-electron chi connectivity index (χ3n) is 5.34. The van der Waals surface area contributed by atoms with E-state index in [1.165, 1.54) is 12.0 Å². The van der Waals surface area contributed by atoms with Gasteiger partial charge in [0.1, 0.15) is 0 Å². The molecule has 1 N–H and O–H groups in total. The number of anilines is 1. The number of hydrogen-bond donors (Lipinski definition) is 1. The number of piperidine rings is 1. The van der Waals surface area contributed by atoms with Crippen LogP contribution in [0.15, 0.2) is 41.3 Å². The van der Waals surface area contributed by atoms with Gasteiger partial charge in [-0.05, 0) is 47.9 Å². The van der Waals surface area contributed by atoms with Crippen molar-refractivity contribution in [3.05, 3.63) is 63.6 Å². The molecule has 0 aliphatic carbocycles. The number of pyridine rings is 1. The van der Waals surface area contributed by atoms with Gasteiger partial charge >= 0.3 is 0 Å². The molecule has 5 heteroatoms. The highest BCUT2D eigenvalue weighted by molar-refractivity contribution is 5.88. The van der Waals surface area contributed by atoms with Crippen LogP contribution in [0.25, 0.3) is 23.2 Å². The molecule has 1 aliphatic rings. The van der Waals surface area contributed by atoms with Gasteiger partial charge in [0, 0.05) is 19.3 Å². The van der Waals surface area contributed by atoms with Crippen molar-refractivity contribution >= 4 is 29.1 Å². The molecule has 1 fully saturated rings. The molecule has 1 aliphatic heterocycles. The van der Waals surface area contributed by atoms with E-state index in [-0.39, 0.29) is 5.56 Å². The maximum Gasteiger partial charge on any atom is 0.262 e. The molecule has 4 rings (SSSR count). The molecule has 0 atom stereocenters. The van der Waals surface area contributed by atoms with Gasteiger partial charge in [-0.25, -0.2) is 4.98 Å². The quantitative estimate of drug-likeness (QED) is 0.725. The summed E-state index contributed by atoms with van der Waals surface area (Å²) in [4.78, 5) is 26.9. The number of rotatable bonds is 4. The SMILES string of the molecule is CC(C)c1ccc(/C=C/c2ccnc3nc(N4CCCCC4)[nH]c(=O)c23)cc1. The van der Waals surface area contributed by atoms with Crippen molar-refractivity contribution in [2.45, 2.75) is 39.0 Å². The molecule has 5 nitrogen and oxygen atoms in total. The lowest BCUT2D eigenvalue weighted by molar-refractivity contribution is 0.568. The first-order chi connectivity index (χ1) is 13.6. The highest BCUT2D eigenvalue weighted by Crippen LogP contribution is 2.20. The van der Waals surface area contributed by atoms with Crippen LogP contribution in [0.2, 0.25) is 0 Å². The minimum atomic E-state index is -0.131. The van der Waals surface area contributed by atoms with Crippen molar-refractivity contribution in [3.63, 3.8) is 0 Å². The van der Waals surface area contributed by atoms with Crippen LogP contribution < -0.4 is 10.5 Å². The van der Waals surface area contributed by atoms with Crippen molar-refractivity contribution in [1.29, 1.82) is 0 Å². The molecule has 0 radical (unpaired) electrons. The lowest BCUT2D eigenvalue weighted by Crippen LogP contribution is -2.32. The molecule has 144 valence electrons. The Morgan fingerprint density at radius 1 is 1.04 bits per heavy atom. The van der Waals surface area contributed by atoms with Gasteiger partial charge in [0.25, 0.3) is 5.56 Å². The number of nitrogens with zero attached hydrogens (tertiary/aromatic N) is 3. The second-order valence-corrected chi connectivity index (χ2v) is 7.69. The summed E-state index contributed by atoms with van der Waals surface area (Å²) < 4.78 is 0. The van der Waals surface area contributed by atoms with Gasteiger partial charge < -0.3 is 4.90 Å². The number of benzene rings is 1. The largest absolute Gasteiger partial charge is 0.342 e. The first-order valence-corrected chi connectivity index (χ1v) is 10.0. The van der Waals surface area contributed by atoms with Gasteiger partial charge in [0.05, 0.1) is 5.39 Å². The summed E-state index contributed by atoms with van der Waals surface area (Å²) in [7, 11) is 0. The van der Waals surface area contributed by atoms with E-state index in [0.29, 0.717) is 22.9 Å². The Bertz CT molecular complexity index is 1040. The summed E-state index contributed by atoms with van der Waals surface area (Å²) in [5.74, 6) is 1.15. The standard InChI is InChI=1S/C23H26N4O/c1-16(2)18-9-6-17(7-10-18)8-11-19-12-13-24-21-20(19)22(28)26-23(25-21)27-14-4-3-5-15-27/h6-13,16H,3-5,14-15H2,1-2H3,(H,24,25,26,28)/b11-8+. The van der Waals surface area contributed by atoms with Crippen LogP contribution in [0, 0.1) is 0 Å². The topological polar surface area (TPSA) is 61.9 Å². The first-order valence-electron chi connectivity index (χ1n) is 10.0. The van der Waals surface area contributed by atoms with E-state index in [0.717, 1.165) is 37.1 Å². The van der Waals surface area contributed by atoms with Gasteiger partial charge in [-0.15, -0.1) is 0 Å². The molecule has 0 amide bonds. The van der Waals surface area contributed by atoms with E-state index in [9.17, 15) is 4.79 Å². The van der Waals surface area contributed by atoms with Crippen LogP contribution in [-0.4, -0.2) is 28.0 Å². The number of hydrogen-bond acceptors (Lipinski definition) is 4. The number of nitrogens with one attached hydrogen (secondary N) is 1. The normalized spacial score (nSPS) is 15.0. The van der Waals surface area contributed by atoms with Gasteiger partial charge in [0.2, 0.25) is 5.95 Å². The van der Waals surface area contributed by atoms with Crippen molar-refractivity contribution in [2.75, 3.05) is 18.0 Å². The van der Waals surface area contributed by atoms with Gasteiger partial charge in [-0.1, -0.05) is 50.3 Å². The minimum absolute atomic E-state index is 0.131. The molecule has 1 saturated heterocycles. The fraction of sp³-hybridized carbons (Fsp3) is 0.348. The summed E-state index contributed by atoms with van der Waals surface area (Å²) in [6.07, 6.45) is 9.21. The molecule has 0 saturated carbocycles.